The zero-order valence-corrected chi connectivity index (χ0v) is 16.8. The van der Waals surface area contributed by atoms with Gasteiger partial charge in [-0.2, -0.15) is 0 Å². The average molecular weight is 449 g/mol. The fraction of sp³-hybridized carbons (Fsp3) is 0.300. The Balaban J connectivity index is 1.69. The van der Waals surface area contributed by atoms with Crippen LogP contribution in [0.5, 0.6) is 0 Å². The maximum Gasteiger partial charge on any atom is 0.257 e. The molecule has 7 heteroatoms. The Hall–Kier alpha value is -1.70. The number of hydrogen-bond donors (Lipinski definition) is 2. The molecule has 2 aromatic carbocycles. The number of amidine groups is 1. The molecule has 3 atom stereocenters. The topological polar surface area (TPSA) is 61.7 Å². The summed E-state index contributed by atoms with van der Waals surface area (Å²) in [4.78, 5) is 17.4. The summed E-state index contributed by atoms with van der Waals surface area (Å²) in [6, 6.07) is 13.8. The number of carbonyl (C=O) groups excluding carboxylic acids is 1. The molecule has 0 bridgehead atoms. The highest BCUT2D eigenvalue weighted by Crippen LogP contribution is 2.51. The average Bonchev–Trinajstić information content (AvgIpc) is 3.01. The van der Waals surface area contributed by atoms with Gasteiger partial charge in [0, 0.05) is 23.7 Å². The minimum absolute atomic E-state index is 0.132. The van der Waals surface area contributed by atoms with E-state index in [4.69, 9.17) is 4.99 Å². The van der Waals surface area contributed by atoms with Crippen molar-refractivity contribution in [2.24, 2.45) is 10.9 Å². The minimum atomic E-state index is -0.653. The van der Waals surface area contributed by atoms with Crippen LogP contribution in [-0.4, -0.2) is 28.0 Å². The van der Waals surface area contributed by atoms with Gasteiger partial charge in [-0.1, -0.05) is 36.0 Å². The lowest BCUT2D eigenvalue weighted by Gasteiger charge is -2.36. The molecule has 1 aliphatic heterocycles. The van der Waals surface area contributed by atoms with Gasteiger partial charge in [0.25, 0.3) is 5.91 Å². The summed E-state index contributed by atoms with van der Waals surface area (Å²) >= 11 is 4.73. The predicted molar refractivity (Wildman–Crippen MR) is 108 cm³/mol. The molecule has 3 unspecified atom stereocenters. The smallest absolute Gasteiger partial charge is 0.257 e. The van der Waals surface area contributed by atoms with Crippen LogP contribution < -0.4 is 5.32 Å². The molecule has 0 radical (unpaired) electrons. The first kappa shape index (κ1) is 18.7. The molecule has 0 aromatic heterocycles. The predicted octanol–water partition coefficient (Wildman–Crippen LogP) is 4.09. The summed E-state index contributed by atoms with van der Waals surface area (Å²) < 4.78 is 14.1. The van der Waals surface area contributed by atoms with Crippen LogP contribution in [0, 0.1) is 11.7 Å². The summed E-state index contributed by atoms with van der Waals surface area (Å²) in [5, 5.41) is 13.7. The molecule has 1 aliphatic carbocycles. The van der Waals surface area contributed by atoms with Gasteiger partial charge in [0.2, 0.25) is 0 Å². The van der Waals surface area contributed by atoms with E-state index in [0.717, 1.165) is 11.3 Å². The zero-order valence-electron chi connectivity index (χ0n) is 14.4. The molecule has 0 saturated heterocycles. The van der Waals surface area contributed by atoms with Crippen molar-refractivity contribution in [1.82, 2.24) is 5.32 Å². The molecule has 0 spiro atoms. The Labute approximate surface area is 169 Å². The van der Waals surface area contributed by atoms with Crippen LogP contribution in [0.4, 0.5) is 4.39 Å². The molecular formula is C20H18BrFN2O2S. The fourth-order valence-electron chi connectivity index (χ4n) is 3.87. The van der Waals surface area contributed by atoms with Crippen molar-refractivity contribution >= 4 is 38.8 Å². The van der Waals surface area contributed by atoms with Crippen LogP contribution in [0.2, 0.25) is 0 Å². The SMILES string of the molecule is O=C(NC1=NC2(c3ccc(F)c(Br)c3)CC(O)CC2CS1)c1ccccc1. The molecule has 1 amide bonds. The second kappa shape index (κ2) is 7.37. The number of hydrogen-bond acceptors (Lipinski definition) is 4. The first-order valence-electron chi connectivity index (χ1n) is 8.70. The minimum Gasteiger partial charge on any atom is -0.393 e. The highest BCUT2D eigenvalue weighted by atomic mass is 79.9. The van der Waals surface area contributed by atoms with Gasteiger partial charge in [-0.25, -0.2) is 4.39 Å². The largest absolute Gasteiger partial charge is 0.393 e. The molecule has 1 saturated carbocycles. The lowest BCUT2D eigenvalue weighted by molar-refractivity contribution is 0.0977. The number of aliphatic imine (C=N–C) groups is 1. The molecule has 1 heterocycles. The Kier molecular flexibility index (Phi) is 5.09. The quantitative estimate of drug-likeness (QED) is 0.727. The molecule has 2 N–H and O–H groups in total. The van der Waals surface area contributed by atoms with Crippen molar-refractivity contribution in [3.63, 3.8) is 0 Å². The van der Waals surface area contributed by atoms with Crippen molar-refractivity contribution < 1.29 is 14.3 Å². The summed E-state index contributed by atoms with van der Waals surface area (Å²) in [6.45, 7) is 0. The highest BCUT2D eigenvalue weighted by molar-refractivity contribution is 9.10. The first-order chi connectivity index (χ1) is 13.0. The van der Waals surface area contributed by atoms with E-state index in [0.29, 0.717) is 28.0 Å². The second-order valence-corrected chi connectivity index (χ2v) is 8.75. The third kappa shape index (κ3) is 3.56. The Morgan fingerprint density at radius 2 is 2.07 bits per heavy atom. The first-order valence-corrected chi connectivity index (χ1v) is 10.5. The maximum atomic E-state index is 13.7. The number of aliphatic hydroxyl groups excluding tert-OH is 1. The fourth-order valence-corrected chi connectivity index (χ4v) is 5.42. The summed E-state index contributed by atoms with van der Waals surface area (Å²) in [6.07, 6.45) is 0.638. The van der Waals surface area contributed by atoms with E-state index in [-0.39, 0.29) is 17.6 Å². The number of fused-ring (bicyclic) bond motifs is 1. The lowest BCUT2D eigenvalue weighted by atomic mass is 9.81. The van der Waals surface area contributed by atoms with Gasteiger partial charge < -0.3 is 10.4 Å². The normalized spacial score (nSPS) is 27.0. The number of thioether (sulfide) groups is 1. The van der Waals surface area contributed by atoms with Crippen molar-refractivity contribution in [3.8, 4) is 0 Å². The van der Waals surface area contributed by atoms with Gasteiger partial charge in [-0.05, 0) is 52.2 Å². The van der Waals surface area contributed by atoms with E-state index in [1.54, 1.807) is 24.3 Å². The molecule has 4 rings (SSSR count). The standard InChI is InChI=1S/C20H18BrFN2O2S/c21-16-9-13(6-7-17(16)22)20-10-15(25)8-14(20)11-27-19(24-20)23-18(26)12-4-2-1-3-5-12/h1-7,9,14-15,25H,8,10-11H2,(H,23,24,26). The molecule has 1 fully saturated rings. The van der Waals surface area contributed by atoms with Crippen LogP contribution in [-0.2, 0) is 5.54 Å². The van der Waals surface area contributed by atoms with Gasteiger partial charge in [-0.3, -0.25) is 9.79 Å². The van der Waals surface area contributed by atoms with Crippen molar-refractivity contribution in [1.29, 1.82) is 0 Å². The molecule has 140 valence electrons. The van der Waals surface area contributed by atoms with E-state index in [1.807, 2.05) is 18.2 Å². The van der Waals surface area contributed by atoms with Crippen LogP contribution >= 0.6 is 27.7 Å². The summed E-state index contributed by atoms with van der Waals surface area (Å²) in [7, 11) is 0. The second-order valence-electron chi connectivity index (χ2n) is 6.89. The maximum absolute atomic E-state index is 13.7. The Bertz CT molecular complexity index is 908. The summed E-state index contributed by atoms with van der Waals surface area (Å²) in [5.41, 5.74) is 0.761. The number of aliphatic hydroxyl groups is 1. The van der Waals surface area contributed by atoms with Gasteiger partial charge in [-0.15, -0.1) is 0 Å². The van der Waals surface area contributed by atoms with E-state index >= 15 is 0 Å². The van der Waals surface area contributed by atoms with E-state index in [9.17, 15) is 14.3 Å². The van der Waals surface area contributed by atoms with Crippen LogP contribution in [0.15, 0.2) is 58.0 Å². The van der Waals surface area contributed by atoms with E-state index in [2.05, 4.69) is 21.2 Å². The number of amides is 1. The monoisotopic (exact) mass is 448 g/mol. The number of nitrogens with zero attached hydrogens (tertiary/aromatic N) is 1. The van der Waals surface area contributed by atoms with Crippen LogP contribution in [0.3, 0.4) is 0 Å². The van der Waals surface area contributed by atoms with Gasteiger partial charge in [0.05, 0.1) is 16.1 Å². The number of benzene rings is 2. The summed E-state index contributed by atoms with van der Waals surface area (Å²) in [5.74, 6) is 0.318. The Morgan fingerprint density at radius 1 is 1.30 bits per heavy atom. The van der Waals surface area contributed by atoms with Crippen molar-refractivity contribution in [3.05, 3.63) is 69.9 Å². The lowest BCUT2D eigenvalue weighted by Crippen LogP contribution is -2.40. The van der Waals surface area contributed by atoms with Crippen molar-refractivity contribution in [2.75, 3.05) is 5.75 Å². The van der Waals surface area contributed by atoms with Gasteiger partial charge >= 0.3 is 0 Å². The number of halogens is 2. The van der Waals surface area contributed by atoms with E-state index in [1.165, 1.54) is 17.8 Å². The number of nitrogens with one attached hydrogen (secondary N) is 1. The molecule has 27 heavy (non-hydrogen) atoms. The van der Waals surface area contributed by atoms with Gasteiger partial charge in [0.15, 0.2) is 5.17 Å². The third-order valence-electron chi connectivity index (χ3n) is 5.18. The molecule has 4 nitrogen and oxygen atoms in total. The third-order valence-corrected chi connectivity index (χ3v) is 6.82. The highest BCUT2D eigenvalue weighted by Gasteiger charge is 2.50. The zero-order chi connectivity index (χ0) is 19.0. The van der Waals surface area contributed by atoms with Crippen LogP contribution in [0.25, 0.3) is 0 Å². The number of carbonyl (C=O) groups is 1. The molecular weight excluding hydrogens is 431 g/mol. The molecule has 2 aliphatic rings. The number of rotatable bonds is 2. The van der Waals surface area contributed by atoms with Crippen molar-refractivity contribution in [2.45, 2.75) is 24.5 Å². The van der Waals surface area contributed by atoms with Crippen LogP contribution in [0.1, 0.15) is 28.8 Å². The van der Waals surface area contributed by atoms with E-state index < -0.39 is 11.6 Å². The molecule has 2 aromatic rings. The Morgan fingerprint density at radius 3 is 2.81 bits per heavy atom. The van der Waals surface area contributed by atoms with Gasteiger partial charge in [0.1, 0.15) is 5.82 Å².